The van der Waals surface area contributed by atoms with Crippen LogP contribution in [0.5, 0.6) is 5.75 Å². The summed E-state index contributed by atoms with van der Waals surface area (Å²) in [6.07, 6.45) is 0. The summed E-state index contributed by atoms with van der Waals surface area (Å²) < 4.78 is 12.5. The van der Waals surface area contributed by atoms with Crippen molar-refractivity contribution in [2.24, 2.45) is 7.05 Å². The summed E-state index contributed by atoms with van der Waals surface area (Å²) in [4.78, 5) is 15.6. The monoisotopic (exact) mass is 375 g/mol. The highest BCUT2D eigenvalue weighted by Gasteiger charge is 2.07. The Hall–Kier alpha value is -2.57. The summed E-state index contributed by atoms with van der Waals surface area (Å²) in [6.45, 7) is 1.20. The molecule has 6 nitrogen and oxygen atoms in total. The fourth-order valence-corrected chi connectivity index (χ4v) is 2.56. The minimum Gasteiger partial charge on any atom is -0.486 e. The molecule has 7 heteroatoms. The Labute approximate surface area is 158 Å². The fourth-order valence-electron chi connectivity index (χ4n) is 2.56. The molecule has 0 fully saturated rings. The van der Waals surface area contributed by atoms with Gasteiger partial charge >= 0.3 is 5.97 Å². The maximum absolute atomic E-state index is 11.1. The summed E-state index contributed by atoms with van der Waals surface area (Å²) in [5, 5.41) is 3.02. The van der Waals surface area contributed by atoms with Crippen molar-refractivity contribution in [3.63, 3.8) is 0 Å². The van der Waals surface area contributed by atoms with Gasteiger partial charge in [-0.15, -0.1) is 12.4 Å². The van der Waals surface area contributed by atoms with Gasteiger partial charge in [0.2, 0.25) is 0 Å². The normalized spacial score (nSPS) is 10.4. The first kappa shape index (κ1) is 19.8. The smallest absolute Gasteiger partial charge is 0.319 e. The van der Waals surface area contributed by atoms with E-state index in [1.165, 1.54) is 7.11 Å². The predicted octanol–water partition coefficient (Wildman–Crippen LogP) is 2.84. The van der Waals surface area contributed by atoms with Crippen molar-refractivity contribution >= 4 is 29.4 Å². The van der Waals surface area contributed by atoms with E-state index in [1.807, 2.05) is 60.1 Å². The number of carbonyl (C=O) groups is 1. The van der Waals surface area contributed by atoms with Gasteiger partial charge in [-0.1, -0.05) is 24.3 Å². The number of benzene rings is 2. The van der Waals surface area contributed by atoms with Crippen molar-refractivity contribution in [1.29, 1.82) is 0 Å². The zero-order valence-corrected chi connectivity index (χ0v) is 15.6. The van der Waals surface area contributed by atoms with E-state index in [9.17, 15) is 4.79 Å². The number of fused-ring (bicyclic) bond motifs is 1. The number of nitrogens with zero attached hydrogens (tertiary/aromatic N) is 2. The van der Waals surface area contributed by atoms with E-state index in [4.69, 9.17) is 4.74 Å². The topological polar surface area (TPSA) is 65.4 Å². The molecule has 3 rings (SSSR count). The average molecular weight is 376 g/mol. The third-order valence-electron chi connectivity index (χ3n) is 4.00. The van der Waals surface area contributed by atoms with Crippen LogP contribution in [0.3, 0.4) is 0 Å². The van der Waals surface area contributed by atoms with E-state index >= 15 is 0 Å². The first-order chi connectivity index (χ1) is 12.2. The Morgan fingerprint density at radius 1 is 1.15 bits per heavy atom. The minimum absolute atomic E-state index is 0. The van der Waals surface area contributed by atoms with Gasteiger partial charge in [0.15, 0.2) is 0 Å². The summed E-state index contributed by atoms with van der Waals surface area (Å²) >= 11 is 0. The van der Waals surface area contributed by atoms with Gasteiger partial charge in [0, 0.05) is 13.6 Å². The molecule has 26 heavy (non-hydrogen) atoms. The molecule has 0 bridgehead atoms. The Kier molecular flexibility index (Phi) is 7.00. The van der Waals surface area contributed by atoms with Crippen molar-refractivity contribution < 1.29 is 14.3 Å². The number of nitrogens with one attached hydrogen (secondary N) is 1. The predicted molar refractivity (Wildman–Crippen MR) is 102 cm³/mol. The summed E-state index contributed by atoms with van der Waals surface area (Å²) in [7, 11) is 3.37. The molecule has 3 aromatic rings. The maximum Gasteiger partial charge on any atom is 0.319 e. The molecule has 0 saturated carbocycles. The molecule has 2 aromatic carbocycles. The van der Waals surface area contributed by atoms with E-state index < -0.39 is 0 Å². The summed E-state index contributed by atoms with van der Waals surface area (Å²) in [5.74, 6) is 1.39. The number of imidazole rings is 1. The van der Waals surface area contributed by atoms with Crippen molar-refractivity contribution in [3.8, 4) is 5.75 Å². The third kappa shape index (κ3) is 4.74. The number of aromatic nitrogens is 2. The number of ether oxygens (including phenoxy) is 2. The van der Waals surface area contributed by atoms with Crippen LogP contribution in [0.1, 0.15) is 11.4 Å². The standard InChI is InChI=1S/C19H21N3O3.ClH/c1-22-17-6-4-3-5-16(17)21-18(22)13-25-15-9-7-14(8-10-15)11-20-12-19(23)24-2;/h3-10,20H,11-13H2,1-2H3;1H. The van der Waals surface area contributed by atoms with Gasteiger partial charge in [0.1, 0.15) is 18.2 Å². The highest BCUT2D eigenvalue weighted by atomic mass is 35.5. The third-order valence-corrected chi connectivity index (χ3v) is 4.00. The van der Waals surface area contributed by atoms with Crippen molar-refractivity contribution in [2.45, 2.75) is 13.2 Å². The summed E-state index contributed by atoms with van der Waals surface area (Å²) in [5.41, 5.74) is 3.13. The average Bonchev–Trinajstić information content (AvgIpc) is 2.97. The number of hydrogen-bond donors (Lipinski definition) is 1. The lowest BCUT2D eigenvalue weighted by molar-refractivity contribution is -0.139. The van der Waals surface area contributed by atoms with E-state index in [0.717, 1.165) is 28.2 Å². The first-order valence-corrected chi connectivity index (χ1v) is 8.07. The van der Waals surface area contributed by atoms with Crippen LogP contribution < -0.4 is 10.1 Å². The molecular formula is C19H22ClN3O3. The molecule has 0 aliphatic carbocycles. The Bertz CT molecular complexity index is 862. The maximum atomic E-state index is 11.1. The van der Waals surface area contributed by atoms with E-state index in [2.05, 4.69) is 15.0 Å². The van der Waals surface area contributed by atoms with E-state index in [-0.39, 0.29) is 24.9 Å². The van der Waals surface area contributed by atoms with Gasteiger partial charge in [-0.25, -0.2) is 4.98 Å². The second-order valence-corrected chi connectivity index (χ2v) is 5.69. The number of halogens is 1. The van der Waals surface area contributed by atoms with Crippen molar-refractivity contribution in [3.05, 3.63) is 59.9 Å². The van der Waals surface area contributed by atoms with Gasteiger partial charge < -0.3 is 19.4 Å². The highest BCUT2D eigenvalue weighted by Crippen LogP contribution is 2.17. The lowest BCUT2D eigenvalue weighted by Crippen LogP contribution is -2.23. The zero-order valence-electron chi connectivity index (χ0n) is 14.8. The van der Waals surface area contributed by atoms with Gasteiger partial charge in [0.05, 0.1) is 24.7 Å². The number of aryl methyl sites for hydroxylation is 1. The van der Waals surface area contributed by atoms with E-state index in [0.29, 0.717) is 13.2 Å². The molecule has 0 spiro atoms. The van der Waals surface area contributed by atoms with Crippen LogP contribution in [0.15, 0.2) is 48.5 Å². The Balaban J connectivity index is 0.00000243. The van der Waals surface area contributed by atoms with Crippen molar-refractivity contribution in [1.82, 2.24) is 14.9 Å². The molecule has 0 atom stereocenters. The molecule has 0 aliphatic heterocycles. The second-order valence-electron chi connectivity index (χ2n) is 5.69. The number of methoxy groups -OCH3 is 1. The molecule has 1 N–H and O–H groups in total. The largest absolute Gasteiger partial charge is 0.486 e. The molecule has 0 amide bonds. The number of para-hydroxylation sites is 2. The molecule has 0 radical (unpaired) electrons. The first-order valence-electron chi connectivity index (χ1n) is 8.07. The lowest BCUT2D eigenvalue weighted by atomic mass is 10.2. The lowest BCUT2D eigenvalue weighted by Gasteiger charge is -2.08. The molecule has 1 heterocycles. The molecular weight excluding hydrogens is 354 g/mol. The Morgan fingerprint density at radius 2 is 1.88 bits per heavy atom. The quantitative estimate of drug-likeness (QED) is 0.643. The fraction of sp³-hybridized carbons (Fsp3) is 0.263. The number of esters is 1. The molecule has 138 valence electrons. The highest BCUT2D eigenvalue weighted by molar-refractivity contribution is 5.85. The number of rotatable bonds is 7. The van der Waals surface area contributed by atoms with Crippen LogP contribution in [-0.4, -0.2) is 29.2 Å². The van der Waals surface area contributed by atoms with Crippen LogP contribution in [0.2, 0.25) is 0 Å². The molecule has 1 aromatic heterocycles. The van der Waals surface area contributed by atoms with Crippen LogP contribution >= 0.6 is 12.4 Å². The van der Waals surface area contributed by atoms with E-state index in [1.54, 1.807) is 0 Å². The molecule has 0 unspecified atom stereocenters. The number of hydrogen-bond acceptors (Lipinski definition) is 5. The van der Waals surface area contributed by atoms with Gasteiger partial charge in [-0.05, 0) is 29.8 Å². The van der Waals surface area contributed by atoms with Crippen LogP contribution in [0, 0.1) is 0 Å². The Morgan fingerprint density at radius 3 is 2.58 bits per heavy atom. The zero-order chi connectivity index (χ0) is 17.6. The molecule has 0 aliphatic rings. The number of carbonyl (C=O) groups excluding carboxylic acids is 1. The van der Waals surface area contributed by atoms with Gasteiger partial charge in [-0.3, -0.25) is 4.79 Å². The van der Waals surface area contributed by atoms with Gasteiger partial charge in [0.25, 0.3) is 0 Å². The van der Waals surface area contributed by atoms with Crippen LogP contribution in [-0.2, 0) is 29.7 Å². The van der Waals surface area contributed by atoms with Crippen LogP contribution in [0.25, 0.3) is 11.0 Å². The second kappa shape index (κ2) is 9.22. The van der Waals surface area contributed by atoms with Crippen molar-refractivity contribution in [2.75, 3.05) is 13.7 Å². The van der Waals surface area contributed by atoms with Gasteiger partial charge in [-0.2, -0.15) is 0 Å². The SMILES string of the molecule is COC(=O)CNCc1ccc(OCc2nc3ccccc3n2C)cc1.Cl. The van der Waals surface area contributed by atoms with Crippen LogP contribution in [0.4, 0.5) is 0 Å². The molecule has 0 saturated heterocycles. The summed E-state index contributed by atoms with van der Waals surface area (Å²) in [6, 6.07) is 15.8. The minimum atomic E-state index is -0.276.